The number of benzene rings is 1. The maximum Gasteiger partial charge on any atom is 0.251 e. The summed E-state index contributed by atoms with van der Waals surface area (Å²) in [6.07, 6.45) is 3.36. The molecule has 144 valence electrons. The van der Waals surface area contributed by atoms with Gasteiger partial charge in [-0.05, 0) is 48.5 Å². The predicted octanol–water partition coefficient (Wildman–Crippen LogP) is 3.16. The maximum atomic E-state index is 12.9. The van der Waals surface area contributed by atoms with Gasteiger partial charge in [0.1, 0.15) is 11.6 Å². The number of hydrogen-bond acceptors (Lipinski definition) is 4. The van der Waals surface area contributed by atoms with Crippen LogP contribution in [-0.4, -0.2) is 28.2 Å². The third kappa shape index (κ3) is 5.51. The smallest absolute Gasteiger partial charge is 0.251 e. The van der Waals surface area contributed by atoms with Gasteiger partial charge in [-0.1, -0.05) is 6.07 Å². The number of pyridine rings is 1. The van der Waals surface area contributed by atoms with Crippen molar-refractivity contribution in [1.82, 2.24) is 15.2 Å². The maximum absolute atomic E-state index is 12.9. The molecule has 1 aromatic carbocycles. The molecule has 0 aliphatic heterocycles. The van der Waals surface area contributed by atoms with E-state index in [4.69, 9.17) is 4.42 Å². The van der Waals surface area contributed by atoms with Crippen LogP contribution in [0.25, 0.3) is 0 Å². The van der Waals surface area contributed by atoms with Crippen LogP contribution in [-0.2, 0) is 17.9 Å². The topological polar surface area (TPSA) is 75.4 Å². The molecule has 0 spiro atoms. The molecule has 7 heteroatoms. The Kier molecular flexibility index (Phi) is 6.51. The van der Waals surface area contributed by atoms with E-state index in [0.29, 0.717) is 24.4 Å². The standard InChI is InChI=1S/C21H20FN3O3/c22-17-8-6-16(7-9-17)21(27)24-12-10-20(26)25(15-19-5-3-13-28-19)14-18-4-1-2-11-23-18/h1-9,11,13H,10,12,14-15H2,(H,24,27). The Morgan fingerprint density at radius 3 is 2.54 bits per heavy atom. The summed E-state index contributed by atoms with van der Waals surface area (Å²) in [4.78, 5) is 30.7. The molecule has 3 aromatic rings. The second-order valence-corrected chi connectivity index (χ2v) is 6.16. The van der Waals surface area contributed by atoms with Crippen molar-refractivity contribution < 1.29 is 18.4 Å². The van der Waals surface area contributed by atoms with Crippen LogP contribution in [0.2, 0.25) is 0 Å². The first-order chi connectivity index (χ1) is 13.6. The van der Waals surface area contributed by atoms with Gasteiger partial charge in [-0.3, -0.25) is 14.6 Å². The number of rotatable bonds is 8. The van der Waals surface area contributed by atoms with Crippen molar-refractivity contribution >= 4 is 11.8 Å². The van der Waals surface area contributed by atoms with Crippen molar-refractivity contribution in [1.29, 1.82) is 0 Å². The Morgan fingerprint density at radius 1 is 1.04 bits per heavy atom. The van der Waals surface area contributed by atoms with Gasteiger partial charge < -0.3 is 14.6 Å². The molecule has 1 N–H and O–H groups in total. The zero-order valence-corrected chi connectivity index (χ0v) is 15.2. The molecule has 0 unspecified atom stereocenters. The number of aromatic nitrogens is 1. The molecule has 0 radical (unpaired) electrons. The summed E-state index contributed by atoms with van der Waals surface area (Å²) in [5.41, 5.74) is 1.10. The van der Waals surface area contributed by atoms with Crippen LogP contribution >= 0.6 is 0 Å². The quantitative estimate of drug-likeness (QED) is 0.650. The summed E-state index contributed by atoms with van der Waals surface area (Å²) in [7, 11) is 0. The fourth-order valence-electron chi connectivity index (χ4n) is 2.65. The Balaban J connectivity index is 1.57. The van der Waals surface area contributed by atoms with Gasteiger partial charge in [0.25, 0.3) is 5.91 Å². The lowest BCUT2D eigenvalue weighted by atomic mass is 10.2. The van der Waals surface area contributed by atoms with E-state index < -0.39 is 5.82 Å². The number of carbonyl (C=O) groups is 2. The first-order valence-corrected chi connectivity index (χ1v) is 8.85. The van der Waals surface area contributed by atoms with Crippen molar-refractivity contribution in [3.63, 3.8) is 0 Å². The SMILES string of the molecule is O=C(NCCC(=O)N(Cc1ccccn1)Cc1ccco1)c1ccc(F)cc1. The highest BCUT2D eigenvalue weighted by atomic mass is 19.1. The Morgan fingerprint density at radius 2 is 1.86 bits per heavy atom. The van der Waals surface area contributed by atoms with Crippen LogP contribution in [0.3, 0.4) is 0 Å². The highest BCUT2D eigenvalue weighted by Gasteiger charge is 2.17. The molecule has 2 amide bonds. The van der Waals surface area contributed by atoms with E-state index in [1.165, 1.54) is 24.3 Å². The van der Waals surface area contributed by atoms with Gasteiger partial charge in [0.05, 0.1) is 25.0 Å². The van der Waals surface area contributed by atoms with E-state index in [2.05, 4.69) is 10.3 Å². The van der Waals surface area contributed by atoms with Crippen molar-refractivity contribution in [3.05, 3.63) is 89.9 Å². The fraction of sp³-hybridized carbons (Fsp3) is 0.190. The van der Waals surface area contributed by atoms with E-state index in [1.54, 1.807) is 29.5 Å². The number of furan rings is 1. The average molecular weight is 381 g/mol. The molecule has 0 saturated heterocycles. The molecular formula is C21H20FN3O3. The van der Waals surface area contributed by atoms with Crippen LogP contribution in [0.15, 0.2) is 71.5 Å². The third-order valence-electron chi connectivity index (χ3n) is 4.09. The van der Waals surface area contributed by atoms with Gasteiger partial charge in [-0.15, -0.1) is 0 Å². The number of amides is 2. The average Bonchev–Trinajstić information content (AvgIpc) is 3.22. The molecule has 28 heavy (non-hydrogen) atoms. The van der Waals surface area contributed by atoms with Crippen molar-refractivity contribution in [2.45, 2.75) is 19.5 Å². The Bertz CT molecular complexity index is 896. The Hall–Kier alpha value is -3.48. The third-order valence-corrected chi connectivity index (χ3v) is 4.09. The molecule has 6 nitrogen and oxygen atoms in total. The minimum Gasteiger partial charge on any atom is -0.467 e. The second kappa shape index (κ2) is 9.45. The summed E-state index contributed by atoms with van der Waals surface area (Å²) in [5.74, 6) is -0.231. The molecule has 2 heterocycles. The number of nitrogens with zero attached hydrogens (tertiary/aromatic N) is 2. The van der Waals surface area contributed by atoms with Gasteiger partial charge in [0.15, 0.2) is 0 Å². The predicted molar refractivity (Wildman–Crippen MR) is 101 cm³/mol. The van der Waals surface area contributed by atoms with E-state index in [-0.39, 0.29) is 24.8 Å². The van der Waals surface area contributed by atoms with E-state index >= 15 is 0 Å². The van der Waals surface area contributed by atoms with Gasteiger partial charge >= 0.3 is 0 Å². The van der Waals surface area contributed by atoms with Crippen LogP contribution in [0.4, 0.5) is 4.39 Å². The fourth-order valence-corrected chi connectivity index (χ4v) is 2.65. The van der Waals surface area contributed by atoms with E-state index in [9.17, 15) is 14.0 Å². The molecule has 0 atom stereocenters. The highest BCUT2D eigenvalue weighted by Crippen LogP contribution is 2.11. The molecule has 3 rings (SSSR count). The van der Waals surface area contributed by atoms with Crippen LogP contribution in [0.1, 0.15) is 28.2 Å². The molecule has 2 aromatic heterocycles. The summed E-state index contributed by atoms with van der Waals surface area (Å²) >= 11 is 0. The molecule has 0 bridgehead atoms. The van der Waals surface area contributed by atoms with Crippen LogP contribution in [0.5, 0.6) is 0 Å². The monoisotopic (exact) mass is 381 g/mol. The van der Waals surface area contributed by atoms with Crippen LogP contribution < -0.4 is 5.32 Å². The zero-order valence-electron chi connectivity index (χ0n) is 15.2. The number of carbonyl (C=O) groups excluding carboxylic acids is 2. The van der Waals surface area contributed by atoms with E-state index in [0.717, 1.165) is 5.69 Å². The lowest BCUT2D eigenvalue weighted by Crippen LogP contribution is -2.34. The molecule has 0 fully saturated rings. The summed E-state index contributed by atoms with van der Waals surface area (Å²) in [6.45, 7) is 0.826. The number of halogens is 1. The number of hydrogen-bond donors (Lipinski definition) is 1. The largest absolute Gasteiger partial charge is 0.467 e. The summed E-state index contributed by atoms with van der Waals surface area (Å²) < 4.78 is 18.3. The highest BCUT2D eigenvalue weighted by molar-refractivity contribution is 5.94. The number of nitrogens with one attached hydrogen (secondary N) is 1. The van der Waals surface area contributed by atoms with Crippen LogP contribution in [0, 0.1) is 5.82 Å². The van der Waals surface area contributed by atoms with Crippen molar-refractivity contribution in [2.75, 3.05) is 6.54 Å². The first kappa shape index (κ1) is 19.3. The second-order valence-electron chi connectivity index (χ2n) is 6.16. The Labute approximate surface area is 162 Å². The van der Waals surface area contributed by atoms with E-state index in [1.807, 2.05) is 18.2 Å². The summed E-state index contributed by atoms with van der Waals surface area (Å²) in [6, 6.07) is 14.3. The van der Waals surface area contributed by atoms with Crippen molar-refractivity contribution in [2.24, 2.45) is 0 Å². The van der Waals surface area contributed by atoms with Gasteiger partial charge in [-0.25, -0.2) is 4.39 Å². The molecule has 0 aliphatic carbocycles. The minimum absolute atomic E-state index is 0.125. The molecular weight excluding hydrogens is 361 g/mol. The lowest BCUT2D eigenvalue weighted by Gasteiger charge is -2.21. The molecule has 0 aliphatic rings. The normalized spacial score (nSPS) is 10.5. The van der Waals surface area contributed by atoms with Gasteiger partial charge in [-0.2, -0.15) is 0 Å². The zero-order chi connectivity index (χ0) is 19.8. The summed E-state index contributed by atoms with van der Waals surface area (Å²) in [5, 5.41) is 2.68. The van der Waals surface area contributed by atoms with Crippen molar-refractivity contribution in [3.8, 4) is 0 Å². The molecule has 0 saturated carbocycles. The minimum atomic E-state index is -0.408. The van der Waals surface area contributed by atoms with Gasteiger partial charge in [0.2, 0.25) is 5.91 Å². The lowest BCUT2D eigenvalue weighted by molar-refractivity contribution is -0.132. The first-order valence-electron chi connectivity index (χ1n) is 8.85. The van der Waals surface area contributed by atoms with Gasteiger partial charge in [0, 0.05) is 24.7 Å².